The molecular formula is C16H24O5Si. The van der Waals surface area contributed by atoms with Crippen LogP contribution in [0, 0.1) is 0 Å². The van der Waals surface area contributed by atoms with Gasteiger partial charge in [-0.05, 0) is 12.8 Å². The normalized spacial score (nSPS) is 13.5. The molecule has 0 aromatic heterocycles. The topological polar surface area (TPSA) is 87.0 Å². The van der Waals surface area contributed by atoms with Gasteiger partial charge in [0.25, 0.3) is 0 Å². The molecule has 0 aromatic rings. The van der Waals surface area contributed by atoms with Gasteiger partial charge in [-0.2, -0.15) is 0 Å². The minimum absolute atomic E-state index is 0.976. The highest BCUT2D eigenvalue weighted by Gasteiger charge is 2.35. The van der Waals surface area contributed by atoms with Crippen LogP contribution in [0.3, 0.4) is 0 Å². The largest absolute Gasteiger partial charge is 0.743 e. The van der Waals surface area contributed by atoms with Crippen LogP contribution in [0.1, 0.15) is 32.6 Å². The van der Waals surface area contributed by atoms with E-state index in [2.05, 4.69) is 17.4 Å². The summed E-state index contributed by atoms with van der Waals surface area (Å²) in [7, 11) is -4.78. The van der Waals surface area contributed by atoms with E-state index in [1.165, 1.54) is 25.3 Å². The lowest BCUT2D eigenvalue weighted by Crippen LogP contribution is -2.40. The van der Waals surface area contributed by atoms with Gasteiger partial charge < -0.3 is 18.8 Å². The fourth-order valence-electron chi connectivity index (χ4n) is 1.37. The lowest BCUT2D eigenvalue weighted by molar-refractivity contribution is -0.135. The molecule has 0 saturated heterocycles. The molecule has 0 spiro atoms. The maximum absolute atomic E-state index is 10.9. The van der Waals surface area contributed by atoms with Crippen LogP contribution in [0.4, 0.5) is 0 Å². The Morgan fingerprint density at radius 1 is 0.909 bits per heavy atom. The SMILES string of the molecule is CCCCCC=CC=CC=CC=CC=CC(=O)O[Si](O)(O)O. The van der Waals surface area contributed by atoms with E-state index in [-0.39, 0.29) is 0 Å². The molecule has 3 N–H and O–H groups in total. The van der Waals surface area contributed by atoms with E-state index in [4.69, 9.17) is 14.4 Å². The molecule has 0 bridgehead atoms. The first-order valence-electron chi connectivity index (χ1n) is 7.19. The molecule has 0 aliphatic rings. The number of rotatable bonds is 10. The second-order valence-electron chi connectivity index (χ2n) is 4.43. The van der Waals surface area contributed by atoms with Gasteiger partial charge in [-0.15, -0.1) is 0 Å². The van der Waals surface area contributed by atoms with E-state index in [1.807, 2.05) is 24.3 Å². The zero-order valence-electron chi connectivity index (χ0n) is 12.8. The minimum Gasteiger partial charge on any atom is -0.449 e. The van der Waals surface area contributed by atoms with Crippen LogP contribution >= 0.6 is 0 Å². The van der Waals surface area contributed by atoms with Gasteiger partial charge in [0.15, 0.2) is 0 Å². The number of hydrogen-bond donors (Lipinski definition) is 3. The molecule has 0 fully saturated rings. The highest BCUT2D eigenvalue weighted by molar-refractivity contribution is 6.51. The van der Waals surface area contributed by atoms with E-state index >= 15 is 0 Å². The van der Waals surface area contributed by atoms with Gasteiger partial charge in [0.05, 0.1) is 0 Å². The monoisotopic (exact) mass is 324 g/mol. The summed E-state index contributed by atoms with van der Waals surface area (Å²) in [5, 5.41) is 0. The molecule has 22 heavy (non-hydrogen) atoms. The molecule has 122 valence electrons. The van der Waals surface area contributed by atoms with Crippen molar-refractivity contribution in [3.05, 3.63) is 60.8 Å². The third-order valence-electron chi connectivity index (χ3n) is 2.36. The second kappa shape index (κ2) is 13.0. The van der Waals surface area contributed by atoms with Gasteiger partial charge >= 0.3 is 15.0 Å². The van der Waals surface area contributed by atoms with Crippen LogP contribution in [0.25, 0.3) is 0 Å². The van der Waals surface area contributed by atoms with Crippen molar-refractivity contribution in [2.24, 2.45) is 0 Å². The average molecular weight is 324 g/mol. The van der Waals surface area contributed by atoms with Crippen molar-refractivity contribution in [1.29, 1.82) is 0 Å². The average Bonchev–Trinajstić information content (AvgIpc) is 2.42. The summed E-state index contributed by atoms with van der Waals surface area (Å²) < 4.78 is 3.95. The molecule has 6 heteroatoms. The summed E-state index contributed by atoms with van der Waals surface area (Å²) in [5.74, 6) is -1.01. The van der Waals surface area contributed by atoms with Crippen molar-refractivity contribution in [2.75, 3.05) is 0 Å². The lowest BCUT2D eigenvalue weighted by atomic mass is 10.2. The molecule has 0 aliphatic carbocycles. The highest BCUT2D eigenvalue weighted by Crippen LogP contribution is 1.99. The van der Waals surface area contributed by atoms with Gasteiger partial charge in [-0.25, -0.2) is 4.79 Å². The zero-order valence-corrected chi connectivity index (χ0v) is 13.8. The Labute approximate surface area is 132 Å². The molecule has 0 unspecified atom stereocenters. The number of hydrogen-bond acceptors (Lipinski definition) is 5. The zero-order chi connectivity index (χ0) is 16.7. The number of unbranched alkanes of at least 4 members (excludes halogenated alkanes) is 3. The van der Waals surface area contributed by atoms with E-state index < -0.39 is 15.0 Å². The van der Waals surface area contributed by atoms with Gasteiger partial charge in [-0.3, -0.25) is 0 Å². The first kappa shape index (κ1) is 20.3. The van der Waals surface area contributed by atoms with Crippen molar-refractivity contribution in [3.8, 4) is 0 Å². The Morgan fingerprint density at radius 2 is 1.45 bits per heavy atom. The predicted molar refractivity (Wildman–Crippen MR) is 88.3 cm³/mol. The van der Waals surface area contributed by atoms with Crippen LogP contribution in [-0.4, -0.2) is 29.4 Å². The third-order valence-corrected chi connectivity index (χ3v) is 2.83. The molecule has 0 aliphatic heterocycles. The first-order chi connectivity index (χ1) is 10.5. The molecular weight excluding hydrogens is 300 g/mol. The predicted octanol–water partition coefficient (Wildman–Crippen LogP) is 2.30. The number of carbonyl (C=O) groups is 1. The first-order valence-corrected chi connectivity index (χ1v) is 8.94. The van der Waals surface area contributed by atoms with E-state index in [9.17, 15) is 4.79 Å². The maximum atomic E-state index is 10.9. The fourth-order valence-corrected chi connectivity index (χ4v) is 1.71. The summed E-state index contributed by atoms with van der Waals surface area (Å²) in [4.78, 5) is 36.5. The highest BCUT2D eigenvalue weighted by atomic mass is 28.4. The Bertz CT molecular complexity index is 442. The van der Waals surface area contributed by atoms with Crippen LogP contribution < -0.4 is 0 Å². The Kier molecular flexibility index (Phi) is 11.9. The van der Waals surface area contributed by atoms with E-state index in [0.29, 0.717) is 0 Å². The van der Waals surface area contributed by atoms with Gasteiger partial charge in [0, 0.05) is 6.08 Å². The van der Waals surface area contributed by atoms with Crippen molar-refractivity contribution in [3.63, 3.8) is 0 Å². The Morgan fingerprint density at radius 3 is 2.00 bits per heavy atom. The summed E-state index contributed by atoms with van der Waals surface area (Å²) in [6.45, 7) is 2.18. The third kappa shape index (κ3) is 16.3. The summed E-state index contributed by atoms with van der Waals surface area (Å²) in [6.07, 6.45) is 22.0. The molecule has 0 amide bonds. The van der Waals surface area contributed by atoms with Crippen LogP contribution in [0.2, 0.25) is 0 Å². The summed E-state index contributed by atoms with van der Waals surface area (Å²) >= 11 is 0. The maximum Gasteiger partial charge on any atom is 0.743 e. The Balaban J connectivity index is 3.86. The van der Waals surface area contributed by atoms with Crippen molar-refractivity contribution >= 4 is 15.0 Å². The molecule has 5 nitrogen and oxygen atoms in total. The molecule has 0 radical (unpaired) electrons. The molecule has 0 aromatic carbocycles. The molecule has 0 rings (SSSR count). The standard InChI is InChI=1S/C16H24O5Si/c1-2-3-4-5-6-7-8-9-10-11-12-13-14-15-16(17)21-22(18,19)20/h6-15,18-20H,2-5H2,1H3. The number of allylic oxidation sites excluding steroid dienone is 9. The lowest BCUT2D eigenvalue weighted by Gasteiger charge is -2.06. The quantitative estimate of drug-likeness (QED) is 0.248. The second-order valence-corrected chi connectivity index (χ2v) is 5.78. The van der Waals surface area contributed by atoms with Crippen LogP contribution in [0.5, 0.6) is 0 Å². The molecule has 0 saturated carbocycles. The van der Waals surface area contributed by atoms with Gasteiger partial charge in [0.2, 0.25) is 0 Å². The molecule has 0 atom stereocenters. The van der Waals surface area contributed by atoms with E-state index in [0.717, 1.165) is 12.5 Å². The van der Waals surface area contributed by atoms with Crippen molar-refractivity contribution < 1.29 is 23.6 Å². The fraction of sp³-hybridized carbons (Fsp3) is 0.312. The van der Waals surface area contributed by atoms with Crippen LogP contribution in [-0.2, 0) is 9.22 Å². The van der Waals surface area contributed by atoms with Gasteiger partial charge in [0.1, 0.15) is 0 Å². The Hall–Kier alpha value is -1.73. The minimum atomic E-state index is -4.78. The van der Waals surface area contributed by atoms with Crippen molar-refractivity contribution in [1.82, 2.24) is 0 Å². The van der Waals surface area contributed by atoms with Crippen LogP contribution in [0.15, 0.2) is 60.8 Å². The summed E-state index contributed by atoms with van der Waals surface area (Å²) in [5.41, 5.74) is 0. The number of carbonyl (C=O) groups excluding carboxylic acids is 1. The molecule has 0 heterocycles. The smallest absolute Gasteiger partial charge is 0.449 e. The van der Waals surface area contributed by atoms with Gasteiger partial charge in [-0.1, -0.05) is 74.4 Å². The van der Waals surface area contributed by atoms with Crippen molar-refractivity contribution in [2.45, 2.75) is 32.6 Å². The van der Waals surface area contributed by atoms with E-state index in [1.54, 1.807) is 18.2 Å². The summed E-state index contributed by atoms with van der Waals surface area (Å²) in [6, 6.07) is 0.